The van der Waals surface area contributed by atoms with E-state index in [9.17, 15) is 5.11 Å². The molecule has 2 heterocycles. The highest BCUT2D eigenvalue weighted by molar-refractivity contribution is 5.43. The molecule has 3 aliphatic rings. The van der Waals surface area contributed by atoms with Gasteiger partial charge in [0.25, 0.3) is 0 Å². The lowest BCUT2D eigenvalue weighted by molar-refractivity contribution is -0.164. The van der Waals surface area contributed by atoms with Crippen LogP contribution in [0, 0.1) is 36.5 Å². The minimum absolute atomic E-state index is 0.00116. The first-order valence-corrected chi connectivity index (χ1v) is 11.2. The summed E-state index contributed by atoms with van der Waals surface area (Å²) >= 11 is 0. The van der Waals surface area contributed by atoms with Gasteiger partial charge in [-0.2, -0.15) is 0 Å². The molecule has 2 bridgehead atoms. The van der Waals surface area contributed by atoms with Gasteiger partial charge in [0.15, 0.2) is 0 Å². The summed E-state index contributed by atoms with van der Waals surface area (Å²) in [5.74, 6) is 2.67. The number of nitrogens with zero attached hydrogens (tertiary/aromatic N) is 1. The van der Waals surface area contributed by atoms with Crippen LogP contribution in [0.1, 0.15) is 67.4 Å². The minimum Gasteiger partial charge on any atom is -0.496 e. The average molecular weight is 412 g/mol. The lowest BCUT2D eigenvalue weighted by atomic mass is 9.60. The zero-order chi connectivity index (χ0) is 21.3. The van der Waals surface area contributed by atoms with Crippen molar-refractivity contribution in [1.82, 2.24) is 5.16 Å². The molecule has 0 amide bonds. The highest BCUT2D eigenvalue weighted by Crippen LogP contribution is 2.70. The molecule has 2 aromatic rings. The third-order valence-corrected chi connectivity index (χ3v) is 8.62. The van der Waals surface area contributed by atoms with Crippen LogP contribution in [0.15, 0.2) is 22.7 Å². The first-order valence-electron chi connectivity index (χ1n) is 11.2. The summed E-state index contributed by atoms with van der Waals surface area (Å²) in [5, 5.41) is 15.4. The number of methoxy groups -OCH3 is 1. The second-order valence-electron chi connectivity index (χ2n) is 10.3. The summed E-state index contributed by atoms with van der Waals surface area (Å²) in [5.41, 5.74) is 4.36. The van der Waals surface area contributed by atoms with Crippen LogP contribution in [-0.2, 0) is 11.2 Å². The van der Waals surface area contributed by atoms with Crippen molar-refractivity contribution in [3.63, 3.8) is 0 Å². The van der Waals surface area contributed by atoms with Crippen LogP contribution in [0.5, 0.6) is 5.75 Å². The summed E-state index contributed by atoms with van der Waals surface area (Å²) in [6, 6.07) is 6.43. The summed E-state index contributed by atoms with van der Waals surface area (Å²) in [7, 11) is 1.71. The predicted octanol–water partition coefficient (Wildman–Crippen LogP) is 4.77. The lowest BCUT2D eigenvalue weighted by Crippen LogP contribution is -2.51. The first-order chi connectivity index (χ1) is 14.3. The molecule has 0 radical (unpaired) electrons. The molecular weight excluding hydrogens is 378 g/mol. The molecule has 2 saturated carbocycles. The topological polar surface area (TPSA) is 64.7 Å². The van der Waals surface area contributed by atoms with Gasteiger partial charge in [-0.25, -0.2) is 0 Å². The third-order valence-electron chi connectivity index (χ3n) is 8.62. The maximum atomic E-state index is 11.3. The van der Waals surface area contributed by atoms with Gasteiger partial charge in [-0.15, -0.1) is 0 Å². The number of aliphatic hydroxyl groups is 1. The van der Waals surface area contributed by atoms with E-state index in [1.807, 2.05) is 13.8 Å². The van der Waals surface area contributed by atoms with E-state index in [2.05, 4.69) is 37.2 Å². The van der Waals surface area contributed by atoms with Crippen molar-refractivity contribution in [2.45, 2.75) is 65.6 Å². The van der Waals surface area contributed by atoms with Crippen LogP contribution in [0.2, 0.25) is 0 Å². The zero-order valence-electron chi connectivity index (χ0n) is 18.7. The SMILES string of the molecule is COc1ccc([C@H]2OCCC34C[C@@H](C[C@H]23)C(C)(C)[C@H]4O)cc1Cc1c(C)noc1C. The Morgan fingerprint density at radius 3 is 2.73 bits per heavy atom. The Balaban J connectivity index is 1.49. The van der Waals surface area contributed by atoms with E-state index in [0.29, 0.717) is 18.4 Å². The fourth-order valence-electron chi connectivity index (χ4n) is 6.81. The van der Waals surface area contributed by atoms with Crippen molar-refractivity contribution in [3.8, 4) is 5.75 Å². The van der Waals surface area contributed by atoms with Crippen molar-refractivity contribution in [3.05, 3.63) is 46.3 Å². The number of hydrogen-bond acceptors (Lipinski definition) is 5. The number of aromatic nitrogens is 1. The lowest BCUT2D eigenvalue weighted by Gasteiger charge is -2.51. The van der Waals surface area contributed by atoms with E-state index in [-0.39, 0.29) is 23.0 Å². The number of aryl methyl sites for hydroxylation is 2. The van der Waals surface area contributed by atoms with Crippen molar-refractivity contribution in [2.24, 2.45) is 22.7 Å². The Bertz CT molecular complexity index is 945. The molecule has 2 aliphatic carbocycles. The monoisotopic (exact) mass is 411 g/mol. The van der Waals surface area contributed by atoms with Crippen LogP contribution in [0.3, 0.4) is 0 Å². The second-order valence-corrected chi connectivity index (χ2v) is 10.3. The molecule has 162 valence electrons. The number of rotatable bonds is 4. The molecule has 1 saturated heterocycles. The van der Waals surface area contributed by atoms with E-state index in [1.165, 1.54) is 5.56 Å². The summed E-state index contributed by atoms with van der Waals surface area (Å²) in [4.78, 5) is 0. The van der Waals surface area contributed by atoms with Crippen LogP contribution < -0.4 is 4.74 Å². The molecule has 5 atom stereocenters. The molecule has 1 N–H and O–H groups in total. The van der Waals surface area contributed by atoms with E-state index in [1.54, 1.807) is 7.11 Å². The molecule has 1 aromatic carbocycles. The van der Waals surface area contributed by atoms with Crippen LogP contribution in [0.4, 0.5) is 0 Å². The minimum atomic E-state index is -0.250. The van der Waals surface area contributed by atoms with Gasteiger partial charge in [0, 0.05) is 24.0 Å². The Morgan fingerprint density at radius 1 is 1.27 bits per heavy atom. The number of fused-ring (bicyclic) bond motifs is 1. The van der Waals surface area contributed by atoms with Crippen LogP contribution in [-0.4, -0.2) is 30.1 Å². The Hall–Kier alpha value is -1.85. The molecule has 1 aliphatic heterocycles. The van der Waals surface area contributed by atoms with Gasteiger partial charge < -0.3 is 19.1 Å². The summed E-state index contributed by atoms with van der Waals surface area (Å²) in [6.45, 7) is 9.14. The largest absolute Gasteiger partial charge is 0.496 e. The van der Waals surface area contributed by atoms with Gasteiger partial charge in [-0.3, -0.25) is 0 Å². The maximum Gasteiger partial charge on any atom is 0.137 e. The summed E-state index contributed by atoms with van der Waals surface area (Å²) < 4.78 is 17.4. The van der Waals surface area contributed by atoms with E-state index in [4.69, 9.17) is 14.0 Å². The molecule has 3 fully saturated rings. The molecule has 5 heteroatoms. The standard InChI is InChI=1S/C25H33NO4/c1-14-19(15(2)30-26-14)11-17-10-16(6-7-21(17)28-5)22-20-12-18-13-25(20,8-9-29-22)23(27)24(18,3)4/h6-7,10,18,20,22-23,27H,8-9,11-13H2,1-5H3/t18-,20-,22-,23-,25?/m1/s1. The second kappa shape index (κ2) is 6.83. The molecule has 30 heavy (non-hydrogen) atoms. The normalized spacial score (nSPS) is 34.2. The van der Waals surface area contributed by atoms with Crippen LogP contribution in [0.25, 0.3) is 0 Å². The summed E-state index contributed by atoms with van der Waals surface area (Å²) in [6.07, 6.45) is 3.74. The van der Waals surface area contributed by atoms with E-state index >= 15 is 0 Å². The highest BCUT2D eigenvalue weighted by atomic mass is 16.5. The molecule has 1 spiro atoms. The smallest absolute Gasteiger partial charge is 0.137 e. The molecular formula is C25H33NO4. The van der Waals surface area contributed by atoms with Gasteiger partial charge in [0.05, 0.1) is 25.0 Å². The van der Waals surface area contributed by atoms with E-state index < -0.39 is 0 Å². The van der Waals surface area contributed by atoms with Crippen molar-refractivity contribution in [1.29, 1.82) is 0 Å². The Kier molecular flexibility index (Phi) is 4.57. The quantitative estimate of drug-likeness (QED) is 0.785. The van der Waals surface area contributed by atoms with E-state index in [0.717, 1.165) is 54.0 Å². The van der Waals surface area contributed by atoms with Crippen molar-refractivity contribution in [2.75, 3.05) is 13.7 Å². The van der Waals surface area contributed by atoms with Gasteiger partial charge in [-0.05, 0) is 73.6 Å². The number of hydrogen-bond donors (Lipinski definition) is 1. The Morgan fingerprint density at radius 2 is 2.07 bits per heavy atom. The Labute approximate surface area is 178 Å². The van der Waals surface area contributed by atoms with Gasteiger partial charge >= 0.3 is 0 Å². The highest BCUT2D eigenvalue weighted by Gasteiger charge is 2.68. The van der Waals surface area contributed by atoms with Crippen LogP contribution >= 0.6 is 0 Å². The average Bonchev–Trinajstić information content (AvgIpc) is 3.34. The first kappa shape index (κ1) is 20.1. The fourth-order valence-corrected chi connectivity index (χ4v) is 6.81. The number of aliphatic hydroxyl groups excluding tert-OH is 1. The zero-order valence-corrected chi connectivity index (χ0v) is 18.7. The molecule has 5 rings (SSSR count). The molecule has 1 aromatic heterocycles. The van der Waals surface area contributed by atoms with Gasteiger partial charge in [0.2, 0.25) is 0 Å². The van der Waals surface area contributed by atoms with Crippen molar-refractivity contribution < 1.29 is 19.1 Å². The fraction of sp³-hybridized carbons (Fsp3) is 0.640. The molecule has 5 nitrogen and oxygen atoms in total. The van der Waals surface area contributed by atoms with Crippen molar-refractivity contribution >= 4 is 0 Å². The number of benzene rings is 1. The molecule has 1 unspecified atom stereocenters. The predicted molar refractivity (Wildman–Crippen MR) is 114 cm³/mol. The van der Waals surface area contributed by atoms with Gasteiger partial charge in [0.1, 0.15) is 11.5 Å². The maximum absolute atomic E-state index is 11.3. The number of ether oxygens (including phenoxy) is 2. The third kappa shape index (κ3) is 2.71. The van der Waals surface area contributed by atoms with Gasteiger partial charge in [-0.1, -0.05) is 25.1 Å².